The van der Waals surface area contributed by atoms with Gasteiger partial charge in [0.1, 0.15) is 5.75 Å². The molecule has 1 saturated heterocycles. The third-order valence-electron chi connectivity index (χ3n) is 3.47. The summed E-state index contributed by atoms with van der Waals surface area (Å²) in [5.74, 6) is 0.733. The number of rotatable bonds is 5. The lowest BCUT2D eigenvalue weighted by molar-refractivity contribution is 0.415. The molecule has 1 aliphatic rings. The maximum atomic E-state index is 6.13. The van der Waals surface area contributed by atoms with Crippen LogP contribution in [0.5, 0.6) is 5.75 Å². The Hall–Kier alpha value is -0.930. The third-order valence-corrected chi connectivity index (χ3v) is 3.76. The van der Waals surface area contributed by atoms with Crippen LogP contribution in [0, 0.1) is 6.92 Å². The summed E-state index contributed by atoms with van der Waals surface area (Å²) in [6, 6.07) is 4.59. The zero-order valence-electron chi connectivity index (χ0n) is 11.1. The summed E-state index contributed by atoms with van der Waals surface area (Å²) in [4.78, 5) is 0. The third kappa shape index (κ3) is 3.30. The highest BCUT2D eigenvalue weighted by Gasteiger charge is 2.13. The van der Waals surface area contributed by atoms with E-state index < -0.39 is 0 Å². The van der Waals surface area contributed by atoms with E-state index in [9.17, 15) is 0 Å². The first-order valence-corrected chi connectivity index (χ1v) is 6.90. The van der Waals surface area contributed by atoms with Gasteiger partial charge in [-0.1, -0.05) is 11.6 Å². The number of nitrogens with one attached hydrogen (secondary N) is 2. The molecule has 4 heteroatoms. The van der Waals surface area contributed by atoms with E-state index in [0.717, 1.165) is 36.5 Å². The fourth-order valence-electron chi connectivity index (χ4n) is 2.39. The quantitative estimate of drug-likeness (QED) is 0.860. The molecule has 1 heterocycles. The zero-order valence-corrected chi connectivity index (χ0v) is 11.8. The van der Waals surface area contributed by atoms with Crippen LogP contribution in [-0.2, 0) is 0 Å². The first-order chi connectivity index (χ1) is 8.70. The van der Waals surface area contributed by atoms with Gasteiger partial charge in [0.2, 0.25) is 0 Å². The Morgan fingerprint density at radius 1 is 1.50 bits per heavy atom. The Kier molecular flexibility index (Phi) is 4.72. The molecular weight excluding hydrogens is 248 g/mol. The minimum Gasteiger partial charge on any atom is -0.495 e. The monoisotopic (exact) mass is 268 g/mol. The van der Waals surface area contributed by atoms with Crippen LogP contribution in [0.3, 0.4) is 0 Å². The predicted molar refractivity (Wildman–Crippen MR) is 76.9 cm³/mol. The minimum atomic E-state index is 0.657. The number of benzene rings is 1. The standard InChI is InChI=1S/C14H21ClN2O/c1-10-8-14(18-2)12(15)9-13(10)17-7-5-11-4-3-6-16-11/h8-9,11,16-17H,3-7H2,1-2H3. The van der Waals surface area contributed by atoms with Crippen molar-refractivity contribution in [3.63, 3.8) is 0 Å². The summed E-state index contributed by atoms with van der Waals surface area (Å²) in [7, 11) is 1.64. The second-order valence-corrected chi connectivity index (χ2v) is 5.22. The van der Waals surface area contributed by atoms with Gasteiger partial charge in [0.15, 0.2) is 0 Å². The number of ether oxygens (including phenoxy) is 1. The van der Waals surface area contributed by atoms with Crippen molar-refractivity contribution >= 4 is 17.3 Å². The molecule has 0 saturated carbocycles. The summed E-state index contributed by atoms with van der Waals surface area (Å²) in [5, 5.41) is 7.61. The molecule has 1 atom stereocenters. The van der Waals surface area contributed by atoms with Crippen molar-refractivity contribution in [1.29, 1.82) is 0 Å². The van der Waals surface area contributed by atoms with E-state index in [0.29, 0.717) is 11.1 Å². The molecule has 0 spiro atoms. The van der Waals surface area contributed by atoms with Gasteiger partial charge in [0.05, 0.1) is 12.1 Å². The summed E-state index contributed by atoms with van der Waals surface area (Å²) < 4.78 is 5.20. The molecule has 1 aromatic carbocycles. The lowest BCUT2D eigenvalue weighted by Crippen LogP contribution is -2.24. The number of hydrogen-bond acceptors (Lipinski definition) is 3. The maximum absolute atomic E-state index is 6.13. The molecule has 0 radical (unpaired) electrons. The van der Waals surface area contributed by atoms with Crippen molar-refractivity contribution in [2.45, 2.75) is 32.2 Å². The first-order valence-electron chi connectivity index (χ1n) is 6.52. The van der Waals surface area contributed by atoms with Crippen molar-refractivity contribution in [3.05, 3.63) is 22.7 Å². The van der Waals surface area contributed by atoms with E-state index in [1.54, 1.807) is 7.11 Å². The number of methoxy groups -OCH3 is 1. The normalized spacial score (nSPS) is 18.9. The summed E-state index contributed by atoms with van der Waals surface area (Å²) in [6.45, 7) is 4.20. The molecule has 3 nitrogen and oxygen atoms in total. The van der Waals surface area contributed by atoms with Crippen LogP contribution >= 0.6 is 11.6 Å². The number of aryl methyl sites for hydroxylation is 1. The van der Waals surface area contributed by atoms with Crippen LogP contribution in [-0.4, -0.2) is 26.2 Å². The van der Waals surface area contributed by atoms with E-state index >= 15 is 0 Å². The van der Waals surface area contributed by atoms with Crippen LogP contribution in [0.15, 0.2) is 12.1 Å². The van der Waals surface area contributed by atoms with Crippen molar-refractivity contribution in [2.75, 3.05) is 25.5 Å². The average Bonchev–Trinajstić information content (AvgIpc) is 2.86. The van der Waals surface area contributed by atoms with E-state index in [4.69, 9.17) is 16.3 Å². The Morgan fingerprint density at radius 3 is 3.00 bits per heavy atom. The largest absolute Gasteiger partial charge is 0.495 e. The van der Waals surface area contributed by atoms with E-state index in [-0.39, 0.29) is 0 Å². The van der Waals surface area contributed by atoms with Crippen molar-refractivity contribution in [1.82, 2.24) is 5.32 Å². The summed E-state index contributed by atoms with van der Waals surface area (Å²) in [5.41, 5.74) is 2.26. The fraction of sp³-hybridized carbons (Fsp3) is 0.571. The molecule has 2 rings (SSSR count). The Labute approximate surface area is 114 Å². The fourth-order valence-corrected chi connectivity index (χ4v) is 2.63. The van der Waals surface area contributed by atoms with Gasteiger partial charge in [0, 0.05) is 18.3 Å². The second-order valence-electron chi connectivity index (χ2n) is 4.81. The number of hydrogen-bond donors (Lipinski definition) is 2. The first kappa shape index (κ1) is 13.5. The molecule has 18 heavy (non-hydrogen) atoms. The topological polar surface area (TPSA) is 33.3 Å². The highest BCUT2D eigenvalue weighted by atomic mass is 35.5. The molecule has 0 aromatic heterocycles. The van der Waals surface area contributed by atoms with Crippen LogP contribution in [0.1, 0.15) is 24.8 Å². The summed E-state index contributed by atoms with van der Waals surface area (Å²) >= 11 is 6.13. The van der Waals surface area contributed by atoms with Gasteiger partial charge in [0.25, 0.3) is 0 Å². The van der Waals surface area contributed by atoms with Gasteiger partial charge in [-0.05, 0) is 50.4 Å². The summed E-state index contributed by atoms with van der Waals surface area (Å²) in [6.07, 6.45) is 3.76. The lowest BCUT2D eigenvalue weighted by Gasteiger charge is -2.14. The molecule has 0 bridgehead atoms. The van der Waals surface area contributed by atoms with Gasteiger partial charge < -0.3 is 15.4 Å². The number of halogens is 1. The molecule has 2 N–H and O–H groups in total. The highest BCUT2D eigenvalue weighted by molar-refractivity contribution is 6.32. The molecule has 1 aromatic rings. The Bertz CT molecular complexity index is 403. The van der Waals surface area contributed by atoms with E-state index in [1.165, 1.54) is 12.8 Å². The van der Waals surface area contributed by atoms with Gasteiger partial charge in [-0.15, -0.1) is 0 Å². The average molecular weight is 269 g/mol. The van der Waals surface area contributed by atoms with Crippen molar-refractivity contribution < 1.29 is 4.74 Å². The van der Waals surface area contributed by atoms with Crippen LogP contribution in [0.4, 0.5) is 5.69 Å². The molecule has 1 aliphatic heterocycles. The zero-order chi connectivity index (χ0) is 13.0. The molecular formula is C14H21ClN2O. The predicted octanol–water partition coefficient (Wildman–Crippen LogP) is 3.21. The molecule has 1 unspecified atom stereocenters. The smallest absolute Gasteiger partial charge is 0.137 e. The second kappa shape index (κ2) is 6.30. The Balaban J connectivity index is 1.90. The molecule has 1 fully saturated rings. The van der Waals surface area contributed by atoms with Gasteiger partial charge >= 0.3 is 0 Å². The van der Waals surface area contributed by atoms with E-state index in [2.05, 4.69) is 17.6 Å². The Morgan fingerprint density at radius 2 is 2.33 bits per heavy atom. The minimum absolute atomic E-state index is 0.657. The van der Waals surface area contributed by atoms with Crippen molar-refractivity contribution in [2.24, 2.45) is 0 Å². The van der Waals surface area contributed by atoms with Crippen LogP contribution < -0.4 is 15.4 Å². The molecule has 0 amide bonds. The molecule has 100 valence electrons. The van der Waals surface area contributed by atoms with Gasteiger partial charge in [-0.25, -0.2) is 0 Å². The van der Waals surface area contributed by atoms with Gasteiger partial charge in [-0.3, -0.25) is 0 Å². The SMILES string of the molecule is COc1cc(C)c(NCCC2CCCN2)cc1Cl. The highest BCUT2D eigenvalue weighted by Crippen LogP contribution is 2.30. The van der Waals surface area contributed by atoms with Crippen molar-refractivity contribution in [3.8, 4) is 5.75 Å². The maximum Gasteiger partial charge on any atom is 0.137 e. The van der Waals surface area contributed by atoms with Crippen LogP contribution in [0.2, 0.25) is 5.02 Å². The molecule has 0 aliphatic carbocycles. The lowest BCUT2D eigenvalue weighted by atomic mass is 10.1. The van der Waals surface area contributed by atoms with Gasteiger partial charge in [-0.2, -0.15) is 0 Å². The van der Waals surface area contributed by atoms with E-state index in [1.807, 2.05) is 12.1 Å². The number of anilines is 1. The van der Waals surface area contributed by atoms with Crippen LogP contribution in [0.25, 0.3) is 0 Å².